The summed E-state index contributed by atoms with van der Waals surface area (Å²) in [6, 6.07) is 53.6. The Hall–Kier alpha value is -6.71. The highest BCUT2D eigenvalue weighted by molar-refractivity contribution is 7.91. The first-order chi connectivity index (χ1) is 42.3. The second-order valence-corrected chi connectivity index (χ2v) is 25.3. The van der Waals surface area contributed by atoms with Crippen molar-refractivity contribution in [2.24, 2.45) is 5.92 Å². The van der Waals surface area contributed by atoms with Crippen LogP contribution in [0.1, 0.15) is 52.8 Å². The summed E-state index contributed by atoms with van der Waals surface area (Å²) in [6.45, 7) is 0.598. The lowest BCUT2D eigenvalue weighted by Crippen LogP contribution is -2.61. The van der Waals surface area contributed by atoms with Crippen LogP contribution in [0.4, 0.5) is 14.5 Å². The van der Waals surface area contributed by atoms with E-state index in [0.717, 1.165) is 34.1 Å². The zero-order chi connectivity index (χ0) is 62.5. The summed E-state index contributed by atoms with van der Waals surface area (Å²) in [6.07, 6.45) is -10.4. The average molecular weight is 1250 g/mol. The number of aliphatic hydroxyl groups is 4. The van der Waals surface area contributed by atoms with Crippen LogP contribution in [-0.4, -0.2) is 137 Å². The molecule has 3 fully saturated rings. The standard InChI is InChI=1S/C37H37F2NO9S.C29H34O8S/c1-48-37-35(44)34(43)33(42)31(49-37)20-50(46,47)28-16-8-22(9-17-28)21-2-4-24(5-3-21)32-29(18-19-30(41)23-6-10-25(38)11-7-23)36(45)40(32)27-14-12-26(39)13-15-27;1-32-29-28(35-20-24-16-10-5-11-17-24)27(34-19-23-14-8-4-9-15-23)26(25(37-29)21-36-38(2,30)31)33-18-22-12-6-3-7-13-22/h2-17,29-35,37,41-44H,18-20H2,1H3;3-17,25-29H,18-21H2,1-2H3/t29-,30+,31?,32-,33+,34-,35+,37-;25-,26?,27-,28-,29?/m10/s1. The molecule has 0 bridgehead atoms. The molecule has 0 aromatic heterocycles. The predicted octanol–water partition coefficient (Wildman–Crippen LogP) is 8.17. The molecular weight excluding hydrogens is 1180 g/mol. The van der Waals surface area contributed by atoms with Crippen molar-refractivity contribution >= 4 is 31.5 Å². The Labute approximate surface area is 510 Å². The largest absolute Gasteiger partial charge is 0.388 e. The van der Waals surface area contributed by atoms with E-state index in [1.54, 1.807) is 17.0 Å². The van der Waals surface area contributed by atoms with Crippen LogP contribution in [0.3, 0.4) is 0 Å². The van der Waals surface area contributed by atoms with Crippen LogP contribution in [0.15, 0.2) is 193 Å². The molecule has 1 amide bonds. The molecule has 0 saturated carbocycles. The van der Waals surface area contributed by atoms with Crippen LogP contribution in [0.2, 0.25) is 0 Å². The fourth-order valence-electron chi connectivity index (χ4n) is 10.8. The highest BCUT2D eigenvalue weighted by Crippen LogP contribution is 2.47. The lowest BCUT2D eigenvalue weighted by atomic mass is 9.78. The van der Waals surface area contributed by atoms with Crippen LogP contribution in [0.25, 0.3) is 11.1 Å². The number of carbonyl (C=O) groups excluding carboxylic acids is 1. The van der Waals surface area contributed by atoms with Crippen molar-refractivity contribution in [3.63, 3.8) is 0 Å². The highest BCUT2D eigenvalue weighted by atomic mass is 32.2. The predicted molar refractivity (Wildman–Crippen MR) is 320 cm³/mol. The Morgan fingerprint density at radius 1 is 0.557 bits per heavy atom. The van der Waals surface area contributed by atoms with E-state index in [9.17, 15) is 50.8 Å². The first-order valence-electron chi connectivity index (χ1n) is 28.5. The van der Waals surface area contributed by atoms with Gasteiger partial charge in [0.2, 0.25) is 5.91 Å². The van der Waals surface area contributed by atoms with Crippen molar-refractivity contribution in [3.8, 4) is 11.1 Å². The number of carbonyl (C=O) groups is 1. The number of rotatable bonds is 24. The maximum atomic E-state index is 13.7. The van der Waals surface area contributed by atoms with Crippen LogP contribution >= 0.6 is 0 Å². The first-order valence-corrected chi connectivity index (χ1v) is 31.9. The van der Waals surface area contributed by atoms with Gasteiger partial charge in [0.25, 0.3) is 10.1 Å². The monoisotopic (exact) mass is 1250 g/mol. The van der Waals surface area contributed by atoms with Crippen molar-refractivity contribution < 1.29 is 88.2 Å². The minimum Gasteiger partial charge on any atom is -0.388 e. The number of amides is 1. The number of hydrogen-bond donors (Lipinski definition) is 4. The maximum absolute atomic E-state index is 13.7. The molecule has 7 aromatic carbocycles. The Morgan fingerprint density at radius 3 is 1.55 bits per heavy atom. The summed E-state index contributed by atoms with van der Waals surface area (Å²) in [5, 5.41) is 41.2. The third-order valence-corrected chi connectivity index (χ3v) is 17.9. The molecule has 10 rings (SSSR count). The highest BCUT2D eigenvalue weighted by Gasteiger charge is 2.51. The van der Waals surface area contributed by atoms with Gasteiger partial charge in [-0.2, -0.15) is 8.42 Å². The number of halogens is 2. The van der Waals surface area contributed by atoms with E-state index in [4.69, 9.17) is 37.3 Å². The summed E-state index contributed by atoms with van der Waals surface area (Å²) in [5.74, 6) is -2.13. The second-order valence-electron chi connectivity index (χ2n) is 21.6. The van der Waals surface area contributed by atoms with E-state index < -0.39 is 117 Å². The summed E-state index contributed by atoms with van der Waals surface area (Å²) in [4.78, 5) is 15.0. The fourth-order valence-corrected chi connectivity index (χ4v) is 12.7. The number of β-lactam (4-membered cyclic amide) rings is 1. The quantitative estimate of drug-likeness (QED) is 0.0329. The molecule has 0 spiro atoms. The number of methoxy groups -OCH3 is 2. The smallest absolute Gasteiger partial charge is 0.264 e. The summed E-state index contributed by atoms with van der Waals surface area (Å²) >= 11 is 0. The molecule has 3 aliphatic rings. The van der Waals surface area contributed by atoms with Crippen LogP contribution in [0.5, 0.6) is 0 Å². The lowest BCUT2D eigenvalue weighted by molar-refractivity contribution is -0.320. The van der Waals surface area contributed by atoms with Crippen LogP contribution < -0.4 is 4.90 Å². The topological polar surface area (TPSA) is 243 Å². The number of anilines is 1. The van der Waals surface area contributed by atoms with Gasteiger partial charge in [-0.15, -0.1) is 0 Å². The molecule has 3 unspecified atom stereocenters. The lowest BCUT2D eigenvalue weighted by Gasteiger charge is -2.48. The average Bonchev–Trinajstić information content (AvgIpc) is 0.825. The second kappa shape index (κ2) is 30.2. The van der Waals surface area contributed by atoms with Gasteiger partial charge in [-0.1, -0.05) is 140 Å². The third-order valence-electron chi connectivity index (χ3n) is 15.5. The van der Waals surface area contributed by atoms with Gasteiger partial charge in [0.05, 0.1) is 61.4 Å². The number of ether oxygens (including phenoxy) is 7. The van der Waals surface area contributed by atoms with Gasteiger partial charge < -0.3 is 58.5 Å². The first kappa shape index (κ1) is 65.7. The minimum atomic E-state index is -3.98. The maximum Gasteiger partial charge on any atom is 0.264 e. The number of benzene rings is 7. The Balaban J connectivity index is 0.000000218. The van der Waals surface area contributed by atoms with Crippen molar-refractivity contribution in [1.82, 2.24) is 0 Å². The minimum absolute atomic E-state index is 0.0307. The van der Waals surface area contributed by atoms with E-state index in [0.29, 0.717) is 29.8 Å². The van der Waals surface area contributed by atoms with Gasteiger partial charge in [0.1, 0.15) is 60.5 Å². The molecule has 3 heterocycles. The van der Waals surface area contributed by atoms with Crippen molar-refractivity contribution in [2.75, 3.05) is 37.7 Å². The Morgan fingerprint density at radius 2 is 1.03 bits per heavy atom. The van der Waals surface area contributed by atoms with Gasteiger partial charge >= 0.3 is 0 Å². The number of aliphatic hydroxyl groups excluding tert-OH is 4. The van der Waals surface area contributed by atoms with Crippen molar-refractivity contribution in [1.29, 1.82) is 0 Å². The Kier molecular flexibility index (Phi) is 22.6. The van der Waals surface area contributed by atoms with E-state index >= 15 is 0 Å². The Bertz CT molecular complexity index is 3540. The zero-order valence-electron chi connectivity index (χ0n) is 48.5. The van der Waals surface area contributed by atoms with Gasteiger partial charge in [-0.05, 0) is 100 Å². The fraction of sp³-hybridized carbons (Fsp3) is 0.348. The summed E-state index contributed by atoms with van der Waals surface area (Å²) in [5.41, 5.74) is 6.28. The van der Waals surface area contributed by atoms with Crippen molar-refractivity contribution in [3.05, 3.63) is 228 Å². The van der Waals surface area contributed by atoms with E-state index in [2.05, 4.69) is 0 Å². The van der Waals surface area contributed by atoms with Gasteiger partial charge in [-0.25, -0.2) is 17.2 Å². The molecule has 3 saturated heterocycles. The normalized spacial score (nSPS) is 25.1. The van der Waals surface area contributed by atoms with Gasteiger partial charge in [-0.3, -0.25) is 8.98 Å². The van der Waals surface area contributed by atoms with Crippen LogP contribution in [0, 0.1) is 17.6 Å². The molecule has 4 N–H and O–H groups in total. The SMILES string of the molecule is COC1O[C@@H](COS(C)(=O)=O)C(OCc2ccccc2)[C@H](OCc2ccccc2)[C@@H]1OCc1ccccc1.CO[C@@H]1OC(CS(=O)(=O)c2ccc(-c3ccc([C@@H]4[C@@H](CC[C@H](O)c5ccc(F)cc5)C(=O)N4c4ccc(F)cc4)cc3)cc2)[C@H](O)[C@@H](O)[C@@H]1O. The molecule has 3 aliphatic heterocycles. The third kappa shape index (κ3) is 16.8. The molecule has 18 nitrogen and oxygen atoms in total. The molecule has 7 aromatic rings. The number of hydrogen-bond acceptors (Lipinski definition) is 17. The molecule has 13 atom stereocenters. The van der Waals surface area contributed by atoms with Crippen molar-refractivity contribution in [2.45, 2.75) is 111 Å². The molecule has 468 valence electrons. The molecule has 88 heavy (non-hydrogen) atoms. The zero-order valence-corrected chi connectivity index (χ0v) is 50.1. The molecule has 22 heteroatoms. The summed E-state index contributed by atoms with van der Waals surface area (Å²) in [7, 11) is -4.97. The molecular formula is C66H71F2NO17S2. The van der Waals surface area contributed by atoms with E-state index in [1.165, 1.54) is 74.9 Å². The van der Waals surface area contributed by atoms with Crippen LogP contribution in [-0.2, 0) is 81.9 Å². The van der Waals surface area contributed by atoms with E-state index in [-0.39, 0.29) is 37.0 Å². The van der Waals surface area contributed by atoms with Gasteiger partial charge in [0.15, 0.2) is 22.4 Å². The molecule has 0 radical (unpaired) electrons. The molecule has 0 aliphatic carbocycles. The van der Waals surface area contributed by atoms with Gasteiger partial charge in [0, 0.05) is 19.9 Å². The number of nitrogens with zero attached hydrogens (tertiary/aromatic N) is 1. The number of sulfone groups is 1. The van der Waals surface area contributed by atoms with E-state index in [1.807, 2.05) is 115 Å². The summed E-state index contributed by atoms with van der Waals surface area (Å²) < 4.78 is 124.